The van der Waals surface area contributed by atoms with Crippen LogP contribution in [0.4, 0.5) is 5.82 Å². The first kappa shape index (κ1) is 13.8. The summed E-state index contributed by atoms with van der Waals surface area (Å²) in [6.07, 6.45) is 1.73. The Morgan fingerprint density at radius 3 is 2.47 bits per heavy atom. The molecule has 0 aliphatic carbocycles. The van der Waals surface area contributed by atoms with E-state index < -0.39 is 0 Å². The van der Waals surface area contributed by atoms with Gasteiger partial charge in [-0.25, -0.2) is 9.97 Å². The van der Waals surface area contributed by atoms with Crippen LogP contribution in [0.3, 0.4) is 0 Å². The predicted octanol–water partition coefficient (Wildman–Crippen LogP) is 3.66. The van der Waals surface area contributed by atoms with Crippen molar-refractivity contribution in [3.05, 3.63) is 33.9 Å². The van der Waals surface area contributed by atoms with Crippen molar-refractivity contribution in [2.45, 2.75) is 20.8 Å². The first-order chi connectivity index (χ1) is 9.02. The van der Waals surface area contributed by atoms with Gasteiger partial charge in [0.2, 0.25) is 0 Å². The SMILES string of the molecule is CCNc1nc(-c2cc(C)c(O)c(C)c2)ncc1Br. The highest BCUT2D eigenvalue weighted by Crippen LogP contribution is 2.29. The van der Waals surface area contributed by atoms with Gasteiger partial charge >= 0.3 is 0 Å². The Hall–Kier alpha value is -1.62. The summed E-state index contributed by atoms with van der Waals surface area (Å²) < 4.78 is 0.838. The molecule has 1 aromatic carbocycles. The molecule has 19 heavy (non-hydrogen) atoms. The predicted molar refractivity (Wildman–Crippen MR) is 80.5 cm³/mol. The molecule has 0 aliphatic heterocycles. The van der Waals surface area contributed by atoms with Crippen molar-refractivity contribution in [2.75, 3.05) is 11.9 Å². The van der Waals surface area contributed by atoms with E-state index in [4.69, 9.17) is 0 Å². The van der Waals surface area contributed by atoms with Gasteiger partial charge in [-0.3, -0.25) is 0 Å². The van der Waals surface area contributed by atoms with Crippen molar-refractivity contribution in [3.8, 4) is 17.1 Å². The molecule has 4 nitrogen and oxygen atoms in total. The number of phenolic OH excluding ortho intramolecular Hbond substituents is 1. The van der Waals surface area contributed by atoms with Gasteiger partial charge in [-0.15, -0.1) is 0 Å². The normalized spacial score (nSPS) is 10.5. The molecule has 2 aromatic rings. The number of phenols is 1. The quantitative estimate of drug-likeness (QED) is 0.905. The molecule has 0 radical (unpaired) electrons. The number of hydrogen-bond donors (Lipinski definition) is 2. The van der Waals surface area contributed by atoms with Crippen LogP contribution in [0.1, 0.15) is 18.1 Å². The zero-order valence-electron chi connectivity index (χ0n) is 11.2. The van der Waals surface area contributed by atoms with Crippen LogP contribution in [-0.4, -0.2) is 21.6 Å². The topological polar surface area (TPSA) is 58.0 Å². The van der Waals surface area contributed by atoms with Crippen LogP contribution in [-0.2, 0) is 0 Å². The van der Waals surface area contributed by atoms with Crippen molar-refractivity contribution >= 4 is 21.7 Å². The average molecular weight is 322 g/mol. The van der Waals surface area contributed by atoms with Gasteiger partial charge in [0.15, 0.2) is 5.82 Å². The maximum absolute atomic E-state index is 9.80. The number of nitrogens with one attached hydrogen (secondary N) is 1. The molecule has 1 aromatic heterocycles. The fourth-order valence-electron chi connectivity index (χ4n) is 1.88. The summed E-state index contributed by atoms with van der Waals surface area (Å²) in [7, 11) is 0. The van der Waals surface area contributed by atoms with Crippen LogP contribution in [0.2, 0.25) is 0 Å². The van der Waals surface area contributed by atoms with E-state index in [9.17, 15) is 5.11 Å². The third kappa shape index (κ3) is 2.87. The fraction of sp³-hybridized carbons (Fsp3) is 0.286. The van der Waals surface area contributed by atoms with Gasteiger partial charge in [0.1, 0.15) is 11.6 Å². The standard InChI is InChI=1S/C14H16BrN3O/c1-4-16-14-11(15)7-17-13(18-14)10-5-8(2)12(19)9(3)6-10/h5-7,19H,4H2,1-3H3,(H,16,17,18). The number of anilines is 1. The minimum atomic E-state index is 0.327. The van der Waals surface area contributed by atoms with Crippen LogP contribution >= 0.6 is 15.9 Å². The molecule has 2 rings (SSSR count). The molecule has 0 amide bonds. The molecule has 0 fully saturated rings. The summed E-state index contributed by atoms with van der Waals surface area (Å²) in [5, 5.41) is 13.0. The Bertz CT molecular complexity index is 591. The Morgan fingerprint density at radius 1 is 1.26 bits per heavy atom. The summed E-state index contributed by atoms with van der Waals surface area (Å²) in [6.45, 7) is 6.55. The Balaban J connectivity index is 2.50. The van der Waals surface area contributed by atoms with E-state index in [1.165, 1.54) is 0 Å². The second-order valence-electron chi connectivity index (χ2n) is 4.38. The number of hydrogen-bond acceptors (Lipinski definition) is 4. The van der Waals surface area contributed by atoms with Crippen molar-refractivity contribution in [2.24, 2.45) is 0 Å². The van der Waals surface area contributed by atoms with E-state index in [0.29, 0.717) is 11.6 Å². The van der Waals surface area contributed by atoms with Crippen LogP contribution < -0.4 is 5.32 Å². The van der Waals surface area contributed by atoms with Gasteiger partial charge in [0.05, 0.1) is 4.47 Å². The largest absolute Gasteiger partial charge is 0.507 e. The Morgan fingerprint density at radius 2 is 1.89 bits per heavy atom. The van der Waals surface area contributed by atoms with Crippen LogP contribution in [0.15, 0.2) is 22.8 Å². The minimum absolute atomic E-state index is 0.327. The molecule has 0 bridgehead atoms. The molecular formula is C14H16BrN3O. The van der Waals surface area contributed by atoms with Crippen molar-refractivity contribution in [1.29, 1.82) is 0 Å². The maximum Gasteiger partial charge on any atom is 0.161 e. The second-order valence-corrected chi connectivity index (χ2v) is 5.23. The molecule has 2 N–H and O–H groups in total. The van der Waals surface area contributed by atoms with Crippen molar-refractivity contribution in [1.82, 2.24) is 9.97 Å². The number of halogens is 1. The molecule has 0 unspecified atom stereocenters. The minimum Gasteiger partial charge on any atom is -0.507 e. The number of rotatable bonds is 3. The summed E-state index contributed by atoms with van der Waals surface area (Å²) in [4.78, 5) is 8.82. The molecule has 1 heterocycles. The van der Waals surface area contributed by atoms with Gasteiger partial charge in [-0.05, 0) is 60.0 Å². The number of nitrogens with zero attached hydrogens (tertiary/aromatic N) is 2. The highest BCUT2D eigenvalue weighted by molar-refractivity contribution is 9.10. The van der Waals surface area contributed by atoms with Gasteiger partial charge in [-0.2, -0.15) is 0 Å². The lowest BCUT2D eigenvalue weighted by atomic mass is 10.1. The van der Waals surface area contributed by atoms with Crippen LogP contribution in [0.25, 0.3) is 11.4 Å². The summed E-state index contributed by atoms with van der Waals surface area (Å²) >= 11 is 3.42. The lowest BCUT2D eigenvalue weighted by molar-refractivity contribution is 0.467. The maximum atomic E-state index is 9.80. The van der Waals surface area contributed by atoms with Crippen LogP contribution in [0, 0.1) is 13.8 Å². The average Bonchev–Trinajstić information content (AvgIpc) is 2.38. The molecule has 0 saturated heterocycles. The van der Waals surface area contributed by atoms with Gasteiger partial charge in [-0.1, -0.05) is 0 Å². The van der Waals surface area contributed by atoms with Crippen molar-refractivity contribution in [3.63, 3.8) is 0 Å². The molecule has 0 atom stereocenters. The van der Waals surface area contributed by atoms with Gasteiger partial charge in [0, 0.05) is 18.3 Å². The number of aromatic nitrogens is 2. The van der Waals surface area contributed by atoms with E-state index in [1.807, 2.05) is 32.9 Å². The first-order valence-corrected chi connectivity index (χ1v) is 6.89. The monoisotopic (exact) mass is 321 g/mol. The lowest BCUT2D eigenvalue weighted by Crippen LogP contribution is -2.02. The van der Waals surface area contributed by atoms with E-state index in [0.717, 1.165) is 33.5 Å². The van der Waals surface area contributed by atoms with E-state index in [2.05, 4.69) is 31.2 Å². The van der Waals surface area contributed by atoms with Crippen LogP contribution in [0.5, 0.6) is 5.75 Å². The van der Waals surface area contributed by atoms with Crippen molar-refractivity contribution < 1.29 is 5.11 Å². The molecular weight excluding hydrogens is 306 g/mol. The molecule has 0 spiro atoms. The van der Waals surface area contributed by atoms with E-state index in [1.54, 1.807) is 6.20 Å². The highest BCUT2D eigenvalue weighted by atomic mass is 79.9. The fourth-order valence-corrected chi connectivity index (χ4v) is 2.21. The first-order valence-electron chi connectivity index (χ1n) is 6.10. The summed E-state index contributed by atoms with van der Waals surface area (Å²) in [6, 6.07) is 3.78. The van der Waals surface area contributed by atoms with Gasteiger partial charge in [0.25, 0.3) is 0 Å². The third-order valence-corrected chi connectivity index (χ3v) is 3.42. The molecule has 0 saturated carbocycles. The second kappa shape index (κ2) is 5.57. The number of benzene rings is 1. The smallest absolute Gasteiger partial charge is 0.161 e. The van der Waals surface area contributed by atoms with E-state index in [-0.39, 0.29) is 0 Å². The summed E-state index contributed by atoms with van der Waals surface area (Å²) in [5.41, 5.74) is 2.55. The summed E-state index contributed by atoms with van der Waals surface area (Å²) in [5.74, 6) is 1.74. The lowest BCUT2D eigenvalue weighted by Gasteiger charge is -2.09. The number of aromatic hydroxyl groups is 1. The van der Waals surface area contributed by atoms with Gasteiger partial charge < -0.3 is 10.4 Å². The molecule has 100 valence electrons. The Labute approximate surface area is 121 Å². The highest BCUT2D eigenvalue weighted by Gasteiger charge is 2.09. The zero-order chi connectivity index (χ0) is 14.0. The molecule has 5 heteroatoms. The zero-order valence-corrected chi connectivity index (χ0v) is 12.7. The molecule has 0 aliphatic rings. The number of aryl methyl sites for hydroxylation is 2. The Kier molecular flexibility index (Phi) is 4.04. The third-order valence-electron chi connectivity index (χ3n) is 2.84. The van der Waals surface area contributed by atoms with E-state index >= 15 is 0 Å².